The highest BCUT2D eigenvalue weighted by Crippen LogP contribution is 2.34. The van der Waals surface area contributed by atoms with Crippen LogP contribution in [0.3, 0.4) is 0 Å². The maximum Gasteiger partial charge on any atom is 0.233 e. The molecule has 5 rings (SSSR count). The first-order chi connectivity index (χ1) is 17.1. The van der Waals surface area contributed by atoms with Gasteiger partial charge >= 0.3 is 0 Å². The van der Waals surface area contributed by atoms with Gasteiger partial charge in [-0.05, 0) is 24.3 Å². The number of thiazole rings is 1. The SMILES string of the molecule is N#Cc1c(-c2ccoc2)cc(-c2ccc(N3CCOCC3)cc2)nc1OCc1nc(C(=O)[O-])cs1. The van der Waals surface area contributed by atoms with Gasteiger partial charge in [0.15, 0.2) is 0 Å². The van der Waals surface area contributed by atoms with Crippen LogP contribution in [0.15, 0.2) is 58.7 Å². The number of anilines is 1. The zero-order valence-corrected chi connectivity index (χ0v) is 19.3. The Hall–Kier alpha value is -4.20. The number of hydrogen-bond acceptors (Lipinski definition) is 10. The zero-order chi connectivity index (χ0) is 24.2. The van der Waals surface area contributed by atoms with E-state index in [0.717, 1.165) is 35.7 Å². The Labute approximate surface area is 204 Å². The van der Waals surface area contributed by atoms with Crippen molar-refractivity contribution in [2.24, 2.45) is 0 Å². The quantitative estimate of drug-likeness (QED) is 0.387. The number of carboxylic acids is 1. The Morgan fingerprint density at radius 3 is 2.63 bits per heavy atom. The molecule has 4 heterocycles. The number of carboxylic acid groups (broad SMARTS) is 1. The van der Waals surface area contributed by atoms with Crippen LogP contribution in [0.25, 0.3) is 22.4 Å². The number of rotatable bonds is 7. The molecule has 0 unspecified atom stereocenters. The van der Waals surface area contributed by atoms with E-state index in [2.05, 4.69) is 20.9 Å². The minimum Gasteiger partial charge on any atom is -0.543 e. The Morgan fingerprint density at radius 2 is 1.97 bits per heavy atom. The summed E-state index contributed by atoms with van der Waals surface area (Å²) in [6, 6.07) is 13.8. The smallest absolute Gasteiger partial charge is 0.233 e. The van der Waals surface area contributed by atoms with Crippen LogP contribution >= 0.6 is 11.3 Å². The number of furan rings is 1. The van der Waals surface area contributed by atoms with Gasteiger partial charge in [0.2, 0.25) is 5.88 Å². The number of morpholine rings is 1. The molecular weight excluding hydrogens is 468 g/mol. The van der Waals surface area contributed by atoms with Gasteiger partial charge in [0, 0.05) is 40.8 Å². The van der Waals surface area contributed by atoms with Crippen LogP contribution in [0.5, 0.6) is 5.88 Å². The van der Waals surface area contributed by atoms with E-state index in [0.29, 0.717) is 35.0 Å². The Morgan fingerprint density at radius 1 is 1.17 bits per heavy atom. The molecule has 0 spiro atoms. The van der Waals surface area contributed by atoms with E-state index in [9.17, 15) is 15.2 Å². The second-order valence-electron chi connectivity index (χ2n) is 7.71. The number of aromatic nitrogens is 2. The maximum absolute atomic E-state index is 11.0. The molecule has 0 N–H and O–H groups in total. The van der Waals surface area contributed by atoms with Gasteiger partial charge in [-0.25, -0.2) is 9.97 Å². The van der Waals surface area contributed by atoms with Crippen molar-refractivity contribution in [1.29, 1.82) is 5.26 Å². The number of carbonyl (C=O) groups is 1. The molecule has 1 saturated heterocycles. The lowest BCUT2D eigenvalue weighted by molar-refractivity contribution is -0.255. The average molecular weight is 488 g/mol. The van der Waals surface area contributed by atoms with Gasteiger partial charge in [0.25, 0.3) is 0 Å². The normalized spacial score (nSPS) is 13.4. The van der Waals surface area contributed by atoms with Crippen LogP contribution in [0, 0.1) is 11.3 Å². The fourth-order valence-electron chi connectivity index (χ4n) is 3.79. The van der Waals surface area contributed by atoms with Crippen LogP contribution in [0.4, 0.5) is 5.69 Å². The van der Waals surface area contributed by atoms with Crippen molar-refractivity contribution in [1.82, 2.24) is 9.97 Å². The van der Waals surface area contributed by atoms with Crippen molar-refractivity contribution in [2.45, 2.75) is 6.61 Å². The number of carbonyl (C=O) groups excluding carboxylic acids is 1. The molecule has 10 heteroatoms. The second kappa shape index (κ2) is 9.97. The molecule has 0 atom stereocenters. The minimum absolute atomic E-state index is 0.0378. The molecule has 1 aliphatic rings. The molecular formula is C25H19N4O5S-. The van der Waals surface area contributed by atoms with Crippen LogP contribution in [0.2, 0.25) is 0 Å². The Bertz CT molecular complexity index is 1370. The van der Waals surface area contributed by atoms with Crippen LogP contribution in [-0.2, 0) is 11.3 Å². The van der Waals surface area contributed by atoms with Crippen LogP contribution in [-0.4, -0.2) is 42.2 Å². The third-order valence-corrected chi connectivity index (χ3v) is 6.39. The van der Waals surface area contributed by atoms with E-state index in [1.165, 1.54) is 11.6 Å². The molecule has 35 heavy (non-hydrogen) atoms. The molecule has 0 saturated carbocycles. The van der Waals surface area contributed by atoms with E-state index in [1.807, 2.05) is 30.3 Å². The molecule has 1 aromatic carbocycles. The topological polar surface area (TPSA) is 125 Å². The first-order valence-electron chi connectivity index (χ1n) is 10.8. The fraction of sp³-hybridized carbons (Fsp3) is 0.200. The first-order valence-corrected chi connectivity index (χ1v) is 11.7. The van der Waals surface area contributed by atoms with Crippen molar-refractivity contribution < 1.29 is 23.8 Å². The predicted octanol–water partition coefficient (Wildman–Crippen LogP) is 3.12. The highest BCUT2D eigenvalue weighted by Gasteiger charge is 2.19. The molecule has 0 radical (unpaired) electrons. The molecule has 0 aliphatic carbocycles. The first kappa shape index (κ1) is 22.6. The third-order valence-electron chi connectivity index (χ3n) is 5.56. The van der Waals surface area contributed by atoms with E-state index < -0.39 is 5.97 Å². The standard InChI is InChI=1S/C25H20N4O5S/c26-12-20-19(17-5-8-33-13-17)11-21(16-1-3-18(4-2-16)29-6-9-32-10-7-29)28-24(20)34-14-23-27-22(15-35-23)25(30)31/h1-5,8,11,13,15H,6-7,9-10,14H2,(H,30,31)/p-1. The number of ether oxygens (including phenoxy) is 2. The molecule has 176 valence electrons. The summed E-state index contributed by atoms with van der Waals surface area (Å²) in [5, 5.41) is 22.7. The van der Waals surface area contributed by atoms with E-state index >= 15 is 0 Å². The fourth-order valence-corrected chi connectivity index (χ4v) is 4.47. The maximum atomic E-state index is 11.0. The second-order valence-corrected chi connectivity index (χ2v) is 8.65. The summed E-state index contributed by atoms with van der Waals surface area (Å²) in [6.45, 7) is 3.05. The number of aromatic carboxylic acids is 1. The van der Waals surface area contributed by atoms with Gasteiger partial charge in [-0.15, -0.1) is 11.3 Å². The summed E-state index contributed by atoms with van der Waals surface area (Å²) in [4.78, 5) is 21.9. The van der Waals surface area contributed by atoms with Gasteiger partial charge in [0.1, 0.15) is 23.2 Å². The Balaban J connectivity index is 1.49. The third kappa shape index (κ3) is 4.87. The zero-order valence-electron chi connectivity index (χ0n) is 18.5. The largest absolute Gasteiger partial charge is 0.543 e. The number of nitrogens with zero attached hydrogens (tertiary/aromatic N) is 4. The summed E-state index contributed by atoms with van der Waals surface area (Å²) in [5.74, 6) is -1.23. The molecule has 4 aromatic rings. The summed E-state index contributed by atoms with van der Waals surface area (Å²) < 4.78 is 16.5. The van der Waals surface area contributed by atoms with Gasteiger partial charge in [0.05, 0.1) is 43.1 Å². The van der Waals surface area contributed by atoms with E-state index in [-0.39, 0.29) is 23.7 Å². The molecule has 1 aliphatic heterocycles. The van der Waals surface area contributed by atoms with Crippen LogP contribution in [0.1, 0.15) is 21.1 Å². The van der Waals surface area contributed by atoms with Crippen molar-refractivity contribution in [3.8, 4) is 34.3 Å². The van der Waals surface area contributed by atoms with Gasteiger partial charge in [-0.3, -0.25) is 0 Å². The van der Waals surface area contributed by atoms with Crippen molar-refractivity contribution in [2.75, 3.05) is 31.2 Å². The van der Waals surface area contributed by atoms with Crippen molar-refractivity contribution in [3.05, 3.63) is 70.6 Å². The summed E-state index contributed by atoms with van der Waals surface area (Å²) in [5.41, 5.74) is 4.01. The summed E-state index contributed by atoms with van der Waals surface area (Å²) in [6.07, 6.45) is 3.09. The number of benzene rings is 1. The van der Waals surface area contributed by atoms with Gasteiger partial charge in [-0.2, -0.15) is 5.26 Å². The van der Waals surface area contributed by atoms with Crippen LogP contribution < -0.4 is 14.7 Å². The predicted molar refractivity (Wildman–Crippen MR) is 126 cm³/mol. The average Bonchev–Trinajstić information content (AvgIpc) is 3.60. The van der Waals surface area contributed by atoms with Crippen molar-refractivity contribution in [3.63, 3.8) is 0 Å². The molecule has 0 bridgehead atoms. The molecule has 9 nitrogen and oxygen atoms in total. The monoisotopic (exact) mass is 487 g/mol. The molecule has 0 amide bonds. The van der Waals surface area contributed by atoms with E-state index in [4.69, 9.17) is 13.9 Å². The highest BCUT2D eigenvalue weighted by molar-refractivity contribution is 7.09. The lowest BCUT2D eigenvalue weighted by Crippen LogP contribution is -2.36. The number of pyridine rings is 1. The number of nitriles is 1. The molecule has 3 aromatic heterocycles. The van der Waals surface area contributed by atoms with Gasteiger partial charge < -0.3 is 28.7 Å². The number of hydrogen-bond donors (Lipinski definition) is 0. The minimum atomic E-state index is -1.35. The van der Waals surface area contributed by atoms with Crippen molar-refractivity contribution >= 4 is 23.0 Å². The highest BCUT2D eigenvalue weighted by atomic mass is 32.1. The summed E-state index contributed by atoms with van der Waals surface area (Å²) in [7, 11) is 0. The van der Waals surface area contributed by atoms with E-state index in [1.54, 1.807) is 12.3 Å². The molecule has 1 fully saturated rings. The lowest BCUT2D eigenvalue weighted by Gasteiger charge is -2.28. The van der Waals surface area contributed by atoms with Gasteiger partial charge in [-0.1, -0.05) is 12.1 Å². The lowest BCUT2D eigenvalue weighted by atomic mass is 10.0. The summed E-state index contributed by atoms with van der Waals surface area (Å²) >= 11 is 1.13. The Kier molecular flexibility index (Phi) is 6.43.